The lowest BCUT2D eigenvalue weighted by Gasteiger charge is -2.33. The Labute approximate surface area is 201 Å². The van der Waals surface area contributed by atoms with Crippen LogP contribution in [0.3, 0.4) is 0 Å². The second-order valence-electron chi connectivity index (χ2n) is 10.3. The third-order valence-corrected chi connectivity index (χ3v) is 7.81. The summed E-state index contributed by atoms with van der Waals surface area (Å²) in [5.74, 6) is -1.97. The zero-order valence-corrected chi connectivity index (χ0v) is 20.6. The molecule has 3 fully saturated rings. The first-order chi connectivity index (χ1) is 16.2. The SMILES string of the molecule is CCCNC(=O)[C@@H]1[C@H]2C(=O)N(CCCCO)C(C(=O)Nc3cc(C)ccc3C)C23CC[C@@]1(C)O3. The molecule has 3 heterocycles. The Hall–Kier alpha value is -2.45. The van der Waals surface area contributed by atoms with E-state index in [1.807, 2.05) is 45.9 Å². The lowest BCUT2D eigenvalue weighted by atomic mass is 9.66. The number of carbonyl (C=O) groups excluding carboxylic acids is 3. The van der Waals surface area contributed by atoms with E-state index in [0.29, 0.717) is 44.5 Å². The van der Waals surface area contributed by atoms with Crippen molar-refractivity contribution in [2.45, 2.75) is 77.0 Å². The number of hydrogen-bond acceptors (Lipinski definition) is 5. The monoisotopic (exact) mass is 471 g/mol. The van der Waals surface area contributed by atoms with Gasteiger partial charge in [0, 0.05) is 25.4 Å². The first kappa shape index (κ1) is 24.7. The number of nitrogens with zero attached hydrogens (tertiary/aromatic N) is 1. The number of likely N-dealkylation sites (tertiary alicyclic amines) is 1. The van der Waals surface area contributed by atoms with Crippen molar-refractivity contribution in [1.82, 2.24) is 10.2 Å². The summed E-state index contributed by atoms with van der Waals surface area (Å²) in [6.07, 6.45) is 3.08. The summed E-state index contributed by atoms with van der Waals surface area (Å²) in [7, 11) is 0. The summed E-state index contributed by atoms with van der Waals surface area (Å²) in [5.41, 5.74) is 0.874. The van der Waals surface area contributed by atoms with Gasteiger partial charge in [-0.2, -0.15) is 0 Å². The molecule has 34 heavy (non-hydrogen) atoms. The number of fused-ring (bicyclic) bond motifs is 1. The number of ether oxygens (including phenoxy) is 1. The molecule has 3 aliphatic rings. The average Bonchev–Trinajstić information content (AvgIpc) is 3.36. The van der Waals surface area contributed by atoms with Crippen LogP contribution in [0.1, 0.15) is 57.1 Å². The molecule has 8 heteroatoms. The Balaban J connectivity index is 1.70. The minimum absolute atomic E-state index is 0.0204. The summed E-state index contributed by atoms with van der Waals surface area (Å²) in [4.78, 5) is 42.4. The highest BCUT2D eigenvalue weighted by Gasteiger charge is 2.77. The summed E-state index contributed by atoms with van der Waals surface area (Å²) in [6, 6.07) is 5.04. The predicted octanol–water partition coefficient (Wildman–Crippen LogP) is 2.31. The largest absolute Gasteiger partial charge is 0.396 e. The van der Waals surface area contributed by atoms with Crippen molar-refractivity contribution in [1.29, 1.82) is 0 Å². The van der Waals surface area contributed by atoms with Crippen LogP contribution in [0, 0.1) is 25.7 Å². The van der Waals surface area contributed by atoms with E-state index in [9.17, 15) is 19.5 Å². The Bertz CT molecular complexity index is 981. The third kappa shape index (κ3) is 3.90. The smallest absolute Gasteiger partial charge is 0.250 e. The fourth-order valence-electron chi connectivity index (χ4n) is 6.19. The van der Waals surface area contributed by atoms with Crippen LogP contribution in [0.15, 0.2) is 18.2 Å². The second kappa shape index (κ2) is 9.30. The van der Waals surface area contributed by atoms with Crippen LogP contribution in [-0.2, 0) is 19.1 Å². The lowest BCUT2D eigenvalue weighted by Crippen LogP contribution is -2.53. The van der Waals surface area contributed by atoms with Gasteiger partial charge in [-0.25, -0.2) is 0 Å². The van der Waals surface area contributed by atoms with Crippen LogP contribution >= 0.6 is 0 Å². The minimum Gasteiger partial charge on any atom is -0.396 e. The van der Waals surface area contributed by atoms with E-state index in [2.05, 4.69) is 10.6 Å². The molecule has 2 unspecified atom stereocenters. The van der Waals surface area contributed by atoms with E-state index in [1.165, 1.54) is 0 Å². The summed E-state index contributed by atoms with van der Waals surface area (Å²) in [6.45, 7) is 8.68. The number of nitrogens with one attached hydrogen (secondary N) is 2. The number of benzene rings is 1. The molecule has 3 aliphatic heterocycles. The van der Waals surface area contributed by atoms with Crippen molar-refractivity contribution in [2.24, 2.45) is 11.8 Å². The van der Waals surface area contributed by atoms with Gasteiger partial charge in [-0.05, 0) is 70.1 Å². The first-order valence-electron chi connectivity index (χ1n) is 12.5. The van der Waals surface area contributed by atoms with E-state index in [4.69, 9.17) is 4.74 Å². The molecular weight excluding hydrogens is 434 g/mol. The van der Waals surface area contributed by atoms with E-state index >= 15 is 0 Å². The molecule has 3 saturated heterocycles. The van der Waals surface area contributed by atoms with Crippen LogP contribution in [0.25, 0.3) is 0 Å². The van der Waals surface area contributed by atoms with Crippen LogP contribution < -0.4 is 10.6 Å². The Morgan fingerprint density at radius 2 is 1.97 bits per heavy atom. The number of rotatable bonds is 9. The maximum Gasteiger partial charge on any atom is 0.250 e. The first-order valence-corrected chi connectivity index (χ1v) is 12.5. The van der Waals surface area contributed by atoms with Gasteiger partial charge < -0.3 is 25.4 Å². The predicted molar refractivity (Wildman–Crippen MR) is 128 cm³/mol. The minimum atomic E-state index is -1.03. The van der Waals surface area contributed by atoms with Crippen molar-refractivity contribution in [3.05, 3.63) is 29.3 Å². The molecule has 4 rings (SSSR count). The quantitative estimate of drug-likeness (QED) is 0.479. The van der Waals surface area contributed by atoms with Gasteiger partial charge in [-0.3, -0.25) is 14.4 Å². The van der Waals surface area contributed by atoms with Gasteiger partial charge in [0.25, 0.3) is 0 Å². The molecule has 0 aromatic heterocycles. The number of hydrogen-bond donors (Lipinski definition) is 3. The number of unbranched alkanes of at least 4 members (excludes halogenated alkanes) is 1. The van der Waals surface area contributed by atoms with Crippen LogP contribution in [0.2, 0.25) is 0 Å². The molecule has 2 bridgehead atoms. The number of aliphatic hydroxyl groups is 1. The molecule has 0 aliphatic carbocycles. The van der Waals surface area contributed by atoms with E-state index < -0.39 is 29.1 Å². The van der Waals surface area contributed by atoms with E-state index in [0.717, 1.165) is 17.5 Å². The molecular formula is C26H37N3O5. The highest BCUT2D eigenvalue weighted by Crippen LogP contribution is 2.63. The Morgan fingerprint density at radius 1 is 1.21 bits per heavy atom. The van der Waals surface area contributed by atoms with Crippen molar-refractivity contribution >= 4 is 23.4 Å². The van der Waals surface area contributed by atoms with Crippen molar-refractivity contribution in [3.8, 4) is 0 Å². The molecule has 3 N–H and O–H groups in total. The van der Waals surface area contributed by atoms with E-state index in [1.54, 1.807) is 4.90 Å². The molecule has 1 aromatic rings. The maximum atomic E-state index is 13.8. The normalized spacial score (nSPS) is 31.6. The Morgan fingerprint density at radius 3 is 2.68 bits per heavy atom. The fourth-order valence-corrected chi connectivity index (χ4v) is 6.19. The second-order valence-corrected chi connectivity index (χ2v) is 10.3. The van der Waals surface area contributed by atoms with Gasteiger partial charge >= 0.3 is 0 Å². The standard InChI is InChI=1S/C26H37N3O5/c1-5-12-27-22(31)19-20-24(33)29(13-6-7-14-30)21(26(20)11-10-25(19,4)34-26)23(32)28-18-15-16(2)8-9-17(18)3/h8-9,15,19-21,30H,5-7,10-14H2,1-4H3,(H,27,31)(H,28,32)/t19-,20-,21?,25+,26?/m0/s1. The van der Waals surface area contributed by atoms with Gasteiger partial charge in [0.15, 0.2) is 0 Å². The van der Waals surface area contributed by atoms with Crippen molar-refractivity contribution in [2.75, 3.05) is 25.0 Å². The van der Waals surface area contributed by atoms with Gasteiger partial charge in [0.05, 0.1) is 17.4 Å². The molecule has 8 nitrogen and oxygen atoms in total. The summed E-state index contributed by atoms with van der Waals surface area (Å²) in [5, 5.41) is 15.3. The molecule has 3 amide bonds. The number of carbonyl (C=O) groups is 3. The summed E-state index contributed by atoms with van der Waals surface area (Å²) >= 11 is 0. The Kier molecular flexibility index (Phi) is 6.75. The third-order valence-electron chi connectivity index (χ3n) is 7.81. The van der Waals surface area contributed by atoms with Crippen molar-refractivity contribution < 1.29 is 24.2 Å². The average molecular weight is 472 g/mol. The van der Waals surface area contributed by atoms with Crippen molar-refractivity contribution in [3.63, 3.8) is 0 Å². The highest BCUT2D eigenvalue weighted by atomic mass is 16.5. The number of aliphatic hydroxyl groups excluding tert-OH is 1. The van der Waals surface area contributed by atoms with Gasteiger partial charge in [-0.1, -0.05) is 19.1 Å². The zero-order chi connectivity index (χ0) is 24.7. The van der Waals surface area contributed by atoms with Crippen LogP contribution in [0.4, 0.5) is 5.69 Å². The molecule has 0 radical (unpaired) electrons. The topological polar surface area (TPSA) is 108 Å². The molecule has 0 saturated carbocycles. The van der Waals surface area contributed by atoms with Crippen LogP contribution in [0.5, 0.6) is 0 Å². The van der Waals surface area contributed by atoms with Gasteiger partial charge in [-0.15, -0.1) is 0 Å². The van der Waals surface area contributed by atoms with E-state index in [-0.39, 0.29) is 24.3 Å². The number of amides is 3. The number of anilines is 1. The molecule has 1 spiro atoms. The molecule has 5 atom stereocenters. The highest BCUT2D eigenvalue weighted by molar-refractivity contribution is 6.04. The fraction of sp³-hybridized carbons (Fsp3) is 0.654. The lowest BCUT2D eigenvalue weighted by molar-refractivity contribution is -0.144. The maximum absolute atomic E-state index is 13.8. The number of aryl methyl sites for hydroxylation is 2. The molecule has 1 aromatic carbocycles. The summed E-state index contributed by atoms with van der Waals surface area (Å²) < 4.78 is 6.58. The molecule has 186 valence electrons. The van der Waals surface area contributed by atoms with Gasteiger partial charge in [0.1, 0.15) is 11.6 Å². The van der Waals surface area contributed by atoms with Crippen LogP contribution in [-0.4, -0.2) is 64.7 Å². The zero-order valence-electron chi connectivity index (χ0n) is 20.6. The van der Waals surface area contributed by atoms with Gasteiger partial charge in [0.2, 0.25) is 17.7 Å².